The van der Waals surface area contributed by atoms with E-state index in [4.69, 9.17) is 0 Å². The Morgan fingerprint density at radius 1 is 1.04 bits per heavy atom. The highest BCUT2D eigenvalue weighted by Gasteiger charge is 2.43. The van der Waals surface area contributed by atoms with Gasteiger partial charge in [-0.3, -0.25) is 4.79 Å². The Morgan fingerprint density at radius 2 is 1.71 bits per heavy atom. The average molecular weight is 325 g/mol. The molecular weight excluding hydrogens is 305 g/mol. The first-order chi connectivity index (χ1) is 11.6. The Bertz CT molecular complexity index is 744. The Labute approximate surface area is 140 Å². The maximum absolute atomic E-state index is 13.1. The highest BCUT2D eigenvalue weighted by atomic mass is 19.1. The number of phenols is 1. The van der Waals surface area contributed by atoms with Crippen LogP contribution in [0.5, 0.6) is 5.75 Å². The molecule has 2 aliphatic heterocycles. The van der Waals surface area contributed by atoms with Gasteiger partial charge in [0.1, 0.15) is 11.6 Å². The molecular formula is C20H20FNO2. The second-order valence-corrected chi connectivity index (χ2v) is 6.87. The van der Waals surface area contributed by atoms with E-state index in [0.717, 1.165) is 31.2 Å². The van der Waals surface area contributed by atoms with Crippen molar-refractivity contribution in [2.24, 2.45) is 0 Å². The number of carbonyl (C=O) groups is 1. The van der Waals surface area contributed by atoms with Crippen LogP contribution in [-0.2, 0) is 0 Å². The summed E-state index contributed by atoms with van der Waals surface area (Å²) in [5.74, 6) is 0.305. The van der Waals surface area contributed by atoms with Crippen molar-refractivity contribution in [2.45, 2.75) is 43.7 Å². The van der Waals surface area contributed by atoms with Crippen LogP contribution in [0.1, 0.15) is 47.5 Å². The third kappa shape index (κ3) is 2.66. The number of fused-ring (bicyclic) bond motifs is 2. The molecule has 1 amide bonds. The molecule has 2 aromatic rings. The van der Waals surface area contributed by atoms with E-state index in [9.17, 15) is 14.3 Å². The van der Waals surface area contributed by atoms with Crippen LogP contribution in [0.3, 0.4) is 0 Å². The summed E-state index contributed by atoms with van der Waals surface area (Å²) in [4.78, 5) is 14.9. The summed E-state index contributed by atoms with van der Waals surface area (Å²) in [6.07, 6.45) is 3.89. The van der Waals surface area contributed by atoms with Gasteiger partial charge in [-0.05, 0) is 67.5 Å². The van der Waals surface area contributed by atoms with Gasteiger partial charge in [0, 0.05) is 17.6 Å². The number of hydrogen-bond donors (Lipinski definition) is 1. The molecule has 3 nitrogen and oxygen atoms in total. The van der Waals surface area contributed by atoms with E-state index in [2.05, 4.69) is 0 Å². The van der Waals surface area contributed by atoms with Gasteiger partial charge < -0.3 is 10.0 Å². The summed E-state index contributed by atoms with van der Waals surface area (Å²) in [5.41, 5.74) is 1.71. The molecule has 2 aromatic carbocycles. The number of nitrogens with zero attached hydrogens (tertiary/aromatic N) is 1. The summed E-state index contributed by atoms with van der Waals surface area (Å²) >= 11 is 0. The largest absolute Gasteiger partial charge is 0.508 e. The fourth-order valence-electron chi connectivity index (χ4n) is 4.30. The number of carbonyl (C=O) groups excluding carboxylic acids is 1. The van der Waals surface area contributed by atoms with Gasteiger partial charge in [0.15, 0.2) is 0 Å². The van der Waals surface area contributed by atoms with E-state index < -0.39 is 0 Å². The fraction of sp³-hybridized carbons (Fsp3) is 0.350. The lowest BCUT2D eigenvalue weighted by Crippen LogP contribution is -2.46. The van der Waals surface area contributed by atoms with E-state index in [-0.39, 0.29) is 29.6 Å². The van der Waals surface area contributed by atoms with Gasteiger partial charge in [-0.15, -0.1) is 0 Å². The zero-order valence-corrected chi connectivity index (χ0v) is 13.4. The number of amides is 1. The zero-order chi connectivity index (χ0) is 16.7. The lowest BCUT2D eigenvalue weighted by molar-refractivity contribution is 0.0571. The molecule has 0 unspecified atom stereocenters. The highest BCUT2D eigenvalue weighted by Crippen LogP contribution is 2.43. The topological polar surface area (TPSA) is 40.5 Å². The highest BCUT2D eigenvalue weighted by molar-refractivity contribution is 5.95. The maximum Gasteiger partial charge on any atom is 0.254 e. The van der Waals surface area contributed by atoms with Crippen molar-refractivity contribution in [3.63, 3.8) is 0 Å². The van der Waals surface area contributed by atoms with E-state index >= 15 is 0 Å². The minimum atomic E-state index is -0.210. The molecule has 2 saturated heterocycles. The van der Waals surface area contributed by atoms with Crippen LogP contribution < -0.4 is 0 Å². The predicted octanol–water partition coefficient (Wildman–Crippen LogP) is 4.08. The van der Waals surface area contributed by atoms with Crippen LogP contribution in [0, 0.1) is 5.82 Å². The Hall–Kier alpha value is -2.36. The quantitative estimate of drug-likeness (QED) is 0.904. The number of piperidine rings is 1. The first-order valence-electron chi connectivity index (χ1n) is 8.49. The number of aromatic hydroxyl groups is 1. The third-order valence-corrected chi connectivity index (χ3v) is 5.40. The van der Waals surface area contributed by atoms with Crippen LogP contribution in [-0.4, -0.2) is 28.0 Å². The number of rotatable bonds is 2. The Balaban J connectivity index is 1.55. The molecule has 124 valence electrons. The van der Waals surface area contributed by atoms with Crippen LogP contribution >= 0.6 is 0 Å². The summed E-state index contributed by atoms with van der Waals surface area (Å²) in [5, 5.41) is 9.62. The van der Waals surface area contributed by atoms with Gasteiger partial charge >= 0.3 is 0 Å². The molecule has 2 aliphatic rings. The van der Waals surface area contributed by atoms with Crippen molar-refractivity contribution >= 4 is 5.91 Å². The van der Waals surface area contributed by atoms with E-state index in [1.54, 1.807) is 18.2 Å². The molecule has 0 aromatic heterocycles. The first-order valence-corrected chi connectivity index (χ1v) is 8.49. The molecule has 24 heavy (non-hydrogen) atoms. The fourth-order valence-corrected chi connectivity index (χ4v) is 4.30. The molecule has 2 bridgehead atoms. The number of benzene rings is 2. The minimum Gasteiger partial charge on any atom is -0.508 e. The summed E-state index contributed by atoms with van der Waals surface area (Å²) < 4.78 is 13.1. The van der Waals surface area contributed by atoms with Crippen LogP contribution in [0.15, 0.2) is 48.5 Å². The van der Waals surface area contributed by atoms with Crippen molar-refractivity contribution in [3.8, 4) is 5.75 Å². The molecule has 0 spiro atoms. The van der Waals surface area contributed by atoms with Crippen molar-refractivity contribution in [1.82, 2.24) is 4.90 Å². The first kappa shape index (κ1) is 15.2. The van der Waals surface area contributed by atoms with Crippen LogP contribution in [0.25, 0.3) is 0 Å². The number of phenolic OH excluding ortho intramolecular Hbond substituents is 1. The van der Waals surface area contributed by atoms with Gasteiger partial charge in [0.25, 0.3) is 5.91 Å². The van der Waals surface area contributed by atoms with Crippen molar-refractivity contribution < 1.29 is 14.3 Å². The third-order valence-electron chi connectivity index (χ3n) is 5.40. The molecule has 3 atom stereocenters. The van der Waals surface area contributed by atoms with E-state index in [0.29, 0.717) is 11.5 Å². The Kier molecular flexibility index (Phi) is 3.75. The monoisotopic (exact) mass is 325 g/mol. The molecule has 2 heterocycles. The molecule has 0 aliphatic carbocycles. The van der Waals surface area contributed by atoms with Crippen LogP contribution in [0.4, 0.5) is 4.39 Å². The van der Waals surface area contributed by atoms with E-state index in [1.807, 2.05) is 17.0 Å². The molecule has 4 heteroatoms. The lowest BCUT2D eigenvalue weighted by atomic mass is 9.85. The van der Waals surface area contributed by atoms with E-state index in [1.165, 1.54) is 18.2 Å². The SMILES string of the molecule is O=C(c1cccc(O)c1)N1[C@@H]2CC[C@H]1C[C@@H](c1ccc(F)cc1)C2. The van der Waals surface area contributed by atoms with Crippen molar-refractivity contribution in [3.05, 3.63) is 65.5 Å². The van der Waals surface area contributed by atoms with Gasteiger partial charge in [-0.2, -0.15) is 0 Å². The van der Waals surface area contributed by atoms with Crippen molar-refractivity contribution in [1.29, 1.82) is 0 Å². The van der Waals surface area contributed by atoms with Gasteiger partial charge in [0.2, 0.25) is 0 Å². The summed E-state index contributed by atoms with van der Waals surface area (Å²) in [6, 6.07) is 13.8. The van der Waals surface area contributed by atoms with Gasteiger partial charge in [-0.1, -0.05) is 18.2 Å². The number of halogens is 1. The summed E-state index contributed by atoms with van der Waals surface area (Å²) in [6.45, 7) is 0. The second-order valence-electron chi connectivity index (χ2n) is 6.87. The summed E-state index contributed by atoms with van der Waals surface area (Å²) in [7, 11) is 0. The predicted molar refractivity (Wildman–Crippen MR) is 89.5 cm³/mol. The Morgan fingerprint density at radius 3 is 2.33 bits per heavy atom. The average Bonchev–Trinajstić information content (AvgIpc) is 2.84. The standard InChI is InChI=1S/C20H20FNO2/c21-16-6-4-13(5-7-16)15-10-17-8-9-18(11-15)22(17)20(24)14-2-1-3-19(23)12-14/h1-7,12,15,17-18,23H,8-11H2/t15-,17+,18-. The molecule has 1 N–H and O–H groups in total. The lowest BCUT2D eigenvalue weighted by Gasteiger charge is -2.39. The molecule has 2 fully saturated rings. The molecule has 0 saturated carbocycles. The minimum absolute atomic E-state index is 0.0101. The molecule has 0 radical (unpaired) electrons. The van der Waals surface area contributed by atoms with Gasteiger partial charge in [-0.25, -0.2) is 4.39 Å². The van der Waals surface area contributed by atoms with Crippen LogP contribution in [0.2, 0.25) is 0 Å². The number of hydrogen-bond acceptors (Lipinski definition) is 2. The van der Waals surface area contributed by atoms with Gasteiger partial charge in [0.05, 0.1) is 0 Å². The smallest absolute Gasteiger partial charge is 0.254 e. The zero-order valence-electron chi connectivity index (χ0n) is 13.4. The molecule has 4 rings (SSSR count). The second kappa shape index (κ2) is 5.93. The maximum atomic E-state index is 13.1. The normalized spacial score (nSPS) is 25.7. The van der Waals surface area contributed by atoms with Crippen molar-refractivity contribution in [2.75, 3.05) is 0 Å².